The molecule has 288 valence electrons. The summed E-state index contributed by atoms with van der Waals surface area (Å²) in [6.45, 7) is 3.79. The van der Waals surface area contributed by atoms with E-state index >= 15 is 0 Å². The zero-order chi connectivity index (χ0) is 35.6. The number of carbonyl (C=O) groups excluding carboxylic acids is 2. The highest BCUT2D eigenvalue weighted by Crippen LogP contribution is 2.47. The fourth-order valence-electron chi connectivity index (χ4n) is 7.12. The van der Waals surface area contributed by atoms with Gasteiger partial charge in [-0.15, -0.1) is 0 Å². The second-order valence-electron chi connectivity index (χ2n) is 15.0. The van der Waals surface area contributed by atoms with Crippen molar-refractivity contribution in [3.8, 4) is 0 Å². The largest absolute Gasteiger partial charge is 0.472 e. The summed E-state index contributed by atoms with van der Waals surface area (Å²) in [6, 6.07) is 0. The van der Waals surface area contributed by atoms with Crippen LogP contribution in [-0.2, 0) is 32.7 Å². The summed E-state index contributed by atoms with van der Waals surface area (Å²) in [5, 5.41) is 0. The molecule has 3 N–H and O–H groups in total. The molecule has 2 aliphatic rings. The molecule has 0 aromatic rings. The molecule has 0 saturated heterocycles. The van der Waals surface area contributed by atoms with Crippen molar-refractivity contribution < 1.29 is 37.6 Å². The molecule has 2 fully saturated rings. The van der Waals surface area contributed by atoms with E-state index in [1.54, 1.807) is 0 Å². The van der Waals surface area contributed by atoms with Crippen molar-refractivity contribution >= 4 is 19.8 Å². The highest BCUT2D eigenvalue weighted by molar-refractivity contribution is 7.47. The molecule has 2 saturated carbocycles. The first-order chi connectivity index (χ1) is 23.8. The average molecular weight is 716 g/mol. The van der Waals surface area contributed by atoms with Crippen LogP contribution in [0.25, 0.3) is 0 Å². The van der Waals surface area contributed by atoms with E-state index in [0.717, 1.165) is 55.8 Å². The number of hydrogen-bond acceptors (Lipinski definition) is 8. The Morgan fingerprint density at radius 1 is 0.633 bits per heavy atom. The Morgan fingerprint density at radius 3 is 1.53 bits per heavy atom. The van der Waals surface area contributed by atoms with Crippen LogP contribution in [0, 0.1) is 23.7 Å². The molecule has 0 spiro atoms. The topological polar surface area (TPSA) is 134 Å². The number of rotatable bonds is 35. The molecular formula is C39H74NO8P. The van der Waals surface area contributed by atoms with Gasteiger partial charge < -0.3 is 20.1 Å². The van der Waals surface area contributed by atoms with Gasteiger partial charge in [-0.2, -0.15) is 0 Å². The van der Waals surface area contributed by atoms with Crippen LogP contribution in [0.1, 0.15) is 181 Å². The molecule has 0 aromatic carbocycles. The molecule has 0 heterocycles. The predicted octanol–water partition coefficient (Wildman–Crippen LogP) is 10.2. The SMILES string of the molecule is CCCCCC[C@H]1C[C@H]1CCCCCCCC(=O)OC[C@H](COP(=O)(O)OCCN)OC(=O)CCCCCCC[C@@H]1C[C@@H]1CCCCCC. The number of esters is 2. The minimum absolute atomic E-state index is 0.0599. The Hall–Kier alpha value is -0.990. The third kappa shape index (κ3) is 24.0. The van der Waals surface area contributed by atoms with Gasteiger partial charge in [0.05, 0.1) is 13.2 Å². The molecule has 2 rings (SSSR count). The van der Waals surface area contributed by atoms with Crippen LogP contribution in [-0.4, -0.2) is 49.3 Å². The molecule has 0 aliphatic heterocycles. The van der Waals surface area contributed by atoms with Crippen LogP contribution in [0.2, 0.25) is 0 Å². The average Bonchev–Trinajstić information content (AvgIpc) is 4.01. The summed E-state index contributed by atoms with van der Waals surface area (Å²) >= 11 is 0. The highest BCUT2D eigenvalue weighted by Gasteiger charge is 2.35. The van der Waals surface area contributed by atoms with Crippen molar-refractivity contribution in [2.24, 2.45) is 29.4 Å². The first-order valence-corrected chi connectivity index (χ1v) is 21.9. The van der Waals surface area contributed by atoms with Gasteiger partial charge in [0.2, 0.25) is 0 Å². The Balaban J connectivity index is 1.54. The molecule has 0 radical (unpaired) electrons. The fourth-order valence-corrected chi connectivity index (χ4v) is 7.88. The number of phosphoric acid groups is 1. The van der Waals surface area contributed by atoms with E-state index in [9.17, 15) is 19.0 Å². The number of nitrogens with two attached hydrogens (primary N) is 1. The maximum absolute atomic E-state index is 12.6. The molecular weight excluding hydrogens is 641 g/mol. The number of unbranched alkanes of at least 4 members (excludes halogenated alkanes) is 14. The molecule has 2 aliphatic carbocycles. The molecule has 49 heavy (non-hydrogen) atoms. The highest BCUT2D eigenvalue weighted by atomic mass is 31.2. The Labute approximate surface area is 299 Å². The molecule has 1 unspecified atom stereocenters. The number of carbonyl (C=O) groups is 2. The maximum Gasteiger partial charge on any atom is 0.472 e. The van der Waals surface area contributed by atoms with Gasteiger partial charge in [-0.05, 0) is 49.4 Å². The quantitative estimate of drug-likeness (QED) is 0.0373. The van der Waals surface area contributed by atoms with Crippen LogP contribution in [0.3, 0.4) is 0 Å². The lowest BCUT2D eigenvalue weighted by Gasteiger charge is -2.19. The van der Waals surface area contributed by atoms with Gasteiger partial charge in [-0.25, -0.2) is 4.57 Å². The second-order valence-corrected chi connectivity index (χ2v) is 16.5. The van der Waals surface area contributed by atoms with E-state index in [-0.39, 0.29) is 32.1 Å². The molecule has 0 amide bonds. The molecule has 6 atom stereocenters. The van der Waals surface area contributed by atoms with Crippen LogP contribution in [0.15, 0.2) is 0 Å². The van der Waals surface area contributed by atoms with Crippen molar-refractivity contribution in [2.45, 2.75) is 187 Å². The van der Waals surface area contributed by atoms with Gasteiger partial charge >= 0.3 is 19.8 Å². The van der Waals surface area contributed by atoms with Gasteiger partial charge in [0.25, 0.3) is 0 Å². The van der Waals surface area contributed by atoms with E-state index in [4.69, 9.17) is 24.3 Å². The van der Waals surface area contributed by atoms with Crippen LogP contribution in [0.5, 0.6) is 0 Å². The Kier molecular flexibility index (Phi) is 24.9. The van der Waals surface area contributed by atoms with E-state index < -0.39 is 26.5 Å². The number of hydrogen-bond donors (Lipinski definition) is 2. The van der Waals surface area contributed by atoms with Crippen LogP contribution in [0.4, 0.5) is 0 Å². The minimum atomic E-state index is -4.36. The van der Waals surface area contributed by atoms with Crippen molar-refractivity contribution in [3.05, 3.63) is 0 Å². The van der Waals surface area contributed by atoms with Crippen molar-refractivity contribution in [1.29, 1.82) is 0 Å². The first kappa shape index (κ1) is 44.2. The third-order valence-corrected chi connectivity index (χ3v) is 11.4. The summed E-state index contributed by atoms with van der Waals surface area (Å²) in [5.41, 5.74) is 5.34. The lowest BCUT2D eigenvalue weighted by Crippen LogP contribution is -2.29. The Bertz CT molecular complexity index is 904. The van der Waals surface area contributed by atoms with Crippen LogP contribution >= 0.6 is 7.82 Å². The predicted molar refractivity (Wildman–Crippen MR) is 197 cm³/mol. The Morgan fingerprint density at radius 2 is 1.06 bits per heavy atom. The zero-order valence-electron chi connectivity index (χ0n) is 31.4. The normalized spacial score (nSPS) is 21.6. The van der Waals surface area contributed by atoms with Crippen molar-refractivity contribution in [3.63, 3.8) is 0 Å². The number of phosphoric ester groups is 1. The van der Waals surface area contributed by atoms with Crippen molar-refractivity contribution in [1.82, 2.24) is 0 Å². The van der Waals surface area contributed by atoms with Gasteiger partial charge in [-0.3, -0.25) is 18.6 Å². The van der Waals surface area contributed by atoms with Gasteiger partial charge in [0, 0.05) is 19.4 Å². The number of ether oxygens (including phenoxy) is 2. The van der Waals surface area contributed by atoms with E-state index in [1.807, 2.05) is 0 Å². The summed E-state index contributed by atoms with van der Waals surface area (Å²) in [5.74, 6) is 3.05. The van der Waals surface area contributed by atoms with E-state index in [2.05, 4.69) is 13.8 Å². The fraction of sp³-hybridized carbons (Fsp3) is 0.949. The zero-order valence-corrected chi connectivity index (χ0v) is 32.3. The standard InChI is InChI=1S/C39H74NO8P/c1-3-5-7-15-21-33-29-35(33)23-17-11-9-13-19-25-38(41)45-31-37(32-47-49(43,44)46-28-27-40)48-39(42)26-20-14-10-12-18-24-36-30-34(36)22-16-8-6-4-2/h33-37H,3-32,40H2,1-2H3,(H,43,44)/t33-,34-,35+,36+,37+/m0/s1. The van der Waals surface area contributed by atoms with E-state index in [0.29, 0.717) is 12.8 Å². The summed E-state index contributed by atoms with van der Waals surface area (Å²) in [4.78, 5) is 34.9. The smallest absolute Gasteiger partial charge is 0.462 e. The minimum Gasteiger partial charge on any atom is -0.462 e. The lowest BCUT2D eigenvalue weighted by atomic mass is 10.0. The summed E-state index contributed by atoms with van der Waals surface area (Å²) in [6.07, 6.45) is 29.3. The van der Waals surface area contributed by atoms with Crippen molar-refractivity contribution in [2.75, 3.05) is 26.4 Å². The molecule has 10 heteroatoms. The third-order valence-electron chi connectivity index (χ3n) is 10.4. The van der Waals surface area contributed by atoms with Gasteiger partial charge in [0.1, 0.15) is 6.61 Å². The van der Waals surface area contributed by atoms with Gasteiger partial charge in [0.15, 0.2) is 6.10 Å². The second kappa shape index (κ2) is 27.6. The first-order valence-electron chi connectivity index (χ1n) is 20.4. The lowest BCUT2D eigenvalue weighted by molar-refractivity contribution is -0.161. The van der Waals surface area contributed by atoms with Gasteiger partial charge in [-0.1, -0.05) is 142 Å². The molecule has 9 nitrogen and oxygen atoms in total. The summed E-state index contributed by atoms with van der Waals surface area (Å²) < 4.78 is 32.8. The van der Waals surface area contributed by atoms with E-state index in [1.165, 1.54) is 116 Å². The summed E-state index contributed by atoms with van der Waals surface area (Å²) in [7, 11) is -4.36. The molecule has 0 bridgehead atoms. The molecule has 0 aromatic heterocycles. The van der Waals surface area contributed by atoms with Crippen LogP contribution < -0.4 is 5.73 Å². The maximum atomic E-state index is 12.6. The monoisotopic (exact) mass is 716 g/mol.